The van der Waals surface area contributed by atoms with E-state index in [9.17, 15) is 17.6 Å². The summed E-state index contributed by atoms with van der Waals surface area (Å²) in [5, 5.41) is 3.18. The number of rotatable bonds is 6. The van der Waals surface area contributed by atoms with Crippen molar-refractivity contribution in [1.82, 2.24) is 4.72 Å². The molecule has 2 aromatic carbocycles. The van der Waals surface area contributed by atoms with Gasteiger partial charge in [-0.3, -0.25) is 4.79 Å². The second-order valence-electron chi connectivity index (χ2n) is 5.15. The quantitative estimate of drug-likeness (QED) is 0.767. The van der Waals surface area contributed by atoms with Crippen molar-refractivity contribution >= 4 is 44.8 Å². The zero-order valence-electron chi connectivity index (χ0n) is 13.1. The molecule has 0 fully saturated rings. The number of anilines is 1. The van der Waals surface area contributed by atoms with E-state index in [1.54, 1.807) is 13.0 Å². The highest BCUT2D eigenvalue weighted by atomic mass is 35.5. The van der Waals surface area contributed by atoms with E-state index in [-0.39, 0.29) is 16.3 Å². The van der Waals surface area contributed by atoms with E-state index >= 15 is 0 Å². The van der Waals surface area contributed by atoms with E-state index in [2.05, 4.69) is 10.0 Å². The Labute approximate surface area is 155 Å². The minimum atomic E-state index is -3.97. The zero-order chi connectivity index (χ0) is 18.6. The fraction of sp³-hybridized carbons (Fsp3) is 0.188. The first kappa shape index (κ1) is 19.7. The number of nitrogens with one attached hydrogen (secondary N) is 2. The van der Waals surface area contributed by atoms with Gasteiger partial charge in [0.25, 0.3) is 0 Å². The van der Waals surface area contributed by atoms with Crippen molar-refractivity contribution in [3.63, 3.8) is 0 Å². The molecule has 0 saturated heterocycles. The van der Waals surface area contributed by atoms with Gasteiger partial charge in [0.15, 0.2) is 0 Å². The van der Waals surface area contributed by atoms with Gasteiger partial charge >= 0.3 is 0 Å². The predicted molar refractivity (Wildman–Crippen MR) is 95.9 cm³/mol. The van der Waals surface area contributed by atoms with Crippen molar-refractivity contribution < 1.29 is 17.6 Å². The van der Waals surface area contributed by atoms with Crippen molar-refractivity contribution in [2.24, 2.45) is 0 Å². The third-order valence-corrected chi connectivity index (χ3v) is 5.56. The third kappa shape index (κ3) is 5.15. The van der Waals surface area contributed by atoms with Gasteiger partial charge in [-0.2, -0.15) is 4.72 Å². The summed E-state index contributed by atoms with van der Waals surface area (Å²) in [6, 6.07) is 7.84. The summed E-state index contributed by atoms with van der Waals surface area (Å²) >= 11 is 11.7. The monoisotopic (exact) mass is 404 g/mol. The van der Waals surface area contributed by atoms with Gasteiger partial charge in [-0.1, -0.05) is 30.1 Å². The molecule has 1 unspecified atom stereocenters. The molecule has 9 heteroatoms. The molecule has 0 aliphatic heterocycles. The Hall–Kier alpha value is -1.67. The standard InChI is InChI=1S/C16H15Cl2FN2O3S/c1-2-15(16(22)20-11-5-8-13(17)14(18)9-11)21-25(23,24)12-6-3-10(19)4-7-12/h3-9,15,21H,2H2,1H3,(H,20,22). The van der Waals surface area contributed by atoms with Gasteiger partial charge in [0.1, 0.15) is 11.9 Å². The van der Waals surface area contributed by atoms with Crippen molar-refractivity contribution in [3.05, 3.63) is 58.3 Å². The van der Waals surface area contributed by atoms with E-state index in [0.29, 0.717) is 10.7 Å². The summed E-state index contributed by atoms with van der Waals surface area (Å²) in [5.41, 5.74) is 0.388. The maximum atomic E-state index is 12.9. The maximum absolute atomic E-state index is 12.9. The molecule has 0 aliphatic rings. The lowest BCUT2D eigenvalue weighted by Gasteiger charge is -2.17. The first-order chi connectivity index (χ1) is 11.7. The summed E-state index contributed by atoms with van der Waals surface area (Å²) in [7, 11) is -3.97. The molecule has 0 radical (unpaired) electrons. The lowest BCUT2D eigenvalue weighted by atomic mass is 10.2. The molecule has 1 atom stereocenters. The van der Waals surface area contributed by atoms with E-state index < -0.39 is 27.8 Å². The van der Waals surface area contributed by atoms with Gasteiger partial charge in [0.2, 0.25) is 15.9 Å². The number of hydrogen-bond donors (Lipinski definition) is 2. The Kier molecular flexibility index (Phi) is 6.40. The average Bonchev–Trinajstić information content (AvgIpc) is 2.56. The molecule has 134 valence electrons. The number of carbonyl (C=O) groups is 1. The summed E-state index contributed by atoms with van der Waals surface area (Å²) in [6.07, 6.45) is 0.216. The molecule has 25 heavy (non-hydrogen) atoms. The summed E-state index contributed by atoms with van der Waals surface area (Å²) in [4.78, 5) is 12.2. The van der Waals surface area contributed by atoms with Crippen molar-refractivity contribution in [2.75, 3.05) is 5.32 Å². The molecule has 0 aromatic heterocycles. The number of sulfonamides is 1. The molecule has 2 rings (SSSR count). The van der Waals surface area contributed by atoms with Crippen LogP contribution >= 0.6 is 23.2 Å². The van der Waals surface area contributed by atoms with E-state index in [1.807, 2.05) is 0 Å². The molecular weight excluding hydrogens is 390 g/mol. The van der Waals surface area contributed by atoms with Crippen LogP contribution in [-0.2, 0) is 14.8 Å². The molecule has 0 heterocycles. The van der Waals surface area contributed by atoms with Crippen molar-refractivity contribution in [3.8, 4) is 0 Å². The highest BCUT2D eigenvalue weighted by Crippen LogP contribution is 2.25. The van der Waals surface area contributed by atoms with Crippen LogP contribution in [0.3, 0.4) is 0 Å². The van der Waals surface area contributed by atoms with Crippen LogP contribution in [0.5, 0.6) is 0 Å². The highest BCUT2D eigenvalue weighted by molar-refractivity contribution is 7.89. The number of benzene rings is 2. The molecular formula is C16H15Cl2FN2O3S. The third-order valence-electron chi connectivity index (χ3n) is 3.33. The Morgan fingerprint density at radius 1 is 1.12 bits per heavy atom. The molecule has 2 aromatic rings. The second-order valence-corrected chi connectivity index (χ2v) is 7.68. The lowest BCUT2D eigenvalue weighted by Crippen LogP contribution is -2.43. The fourth-order valence-electron chi connectivity index (χ4n) is 1.99. The summed E-state index contributed by atoms with van der Waals surface area (Å²) < 4.78 is 39.9. The highest BCUT2D eigenvalue weighted by Gasteiger charge is 2.24. The van der Waals surface area contributed by atoms with Crippen molar-refractivity contribution in [1.29, 1.82) is 0 Å². The lowest BCUT2D eigenvalue weighted by molar-refractivity contribution is -0.117. The van der Waals surface area contributed by atoms with Gasteiger partial charge in [-0.05, 0) is 48.9 Å². The van der Waals surface area contributed by atoms with Gasteiger partial charge in [0, 0.05) is 5.69 Å². The van der Waals surface area contributed by atoms with E-state index in [4.69, 9.17) is 23.2 Å². The molecule has 5 nitrogen and oxygen atoms in total. The van der Waals surface area contributed by atoms with Crippen LogP contribution in [0.1, 0.15) is 13.3 Å². The molecule has 0 spiro atoms. The van der Waals surface area contributed by atoms with Gasteiger partial charge in [-0.25, -0.2) is 12.8 Å². The molecule has 2 N–H and O–H groups in total. The zero-order valence-corrected chi connectivity index (χ0v) is 15.4. The smallest absolute Gasteiger partial charge is 0.242 e. The first-order valence-corrected chi connectivity index (χ1v) is 9.50. The van der Waals surface area contributed by atoms with Gasteiger partial charge in [-0.15, -0.1) is 0 Å². The normalized spacial score (nSPS) is 12.6. The van der Waals surface area contributed by atoms with Crippen LogP contribution in [0.4, 0.5) is 10.1 Å². The Bertz CT molecular complexity index is 873. The molecule has 0 saturated carbocycles. The topological polar surface area (TPSA) is 75.3 Å². The minimum Gasteiger partial charge on any atom is -0.325 e. The number of carbonyl (C=O) groups excluding carboxylic acids is 1. The van der Waals surface area contributed by atoms with Crippen LogP contribution in [0.15, 0.2) is 47.4 Å². The number of amides is 1. The number of halogens is 3. The Balaban J connectivity index is 2.13. The molecule has 1 amide bonds. The van der Waals surface area contributed by atoms with Crippen LogP contribution in [-0.4, -0.2) is 20.4 Å². The van der Waals surface area contributed by atoms with Crippen LogP contribution in [0.25, 0.3) is 0 Å². The van der Waals surface area contributed by atoms with Crippen LogP contribution in [0, 0.1) is 5.82 Å². The van der Waals surface area contributed by atoms with Gasteiger partial charge < -0.3 is 5.32 Å². The molecule has 0 bridgehead atoms. The molecule has 0 aliphatic carbocycles. The van der Waals surface area contributed by atoms with E-state index in [0.717, 1.165) is 24.3 Å². The summed E-state index contributed by atoms with van der Waals surface area (Å²) in [5.74, 6) is -1.10. The average molecular weight is 405 g/mol. The second kappa shape index (κ2) is 8.14. The SMILES string of the molecule is CCC(NS(=O)(=O)c1ccc(F)cc1)C(=O)Nc1ccc(Cl)c(Cl)c1. The minimum absolute atomic E-state index is 0.130. The summed E-state index contributed by atoms with van der Waals surface area (Å²) in [6.45, 7) is 1.66. The largest absolute Gasteiger partial charge is 0.325 e. The predicted octanol–water partition coefficient (Wildman–Crippen LogP) is 3.83. The Morgan fingerprint density at radius 2 is 1.76 bits per heavy atom. The van der Waals surface area contributed by atoms with Crippen LogP contribution < -0.4 is 10.0 Å². The van der Waals surface area contributed by atoms with E-state index in [1.165, 1.54) is 12.1 Å². The van der Waals surface area contributed by atoms with Gasteiger partial charge in [0.05, 0.1) is 14.9 Å². The van der Waals surface area contributed by atoms with Crippen LogP contribution in [0.2, 0.25) is 10.0 Å². The number of hydrogen-bond acceptors (Lipinski definition) is 3. The first-order valence-electron chi connectivity index (χ1n) is 7.26. The van der Waals surface area contributed by atoms with Crippen molar-refractivity contribution in [2.45, 2.75) is 24.3 Å². The fourth-order valence-corrected chi connectivity index (χ4v) is 3.57. The Morgan fingerprint density at radius 3 is 2.32 bits per heavy atom. The maximum Gasteiger partial charge on any atom is 0.242 e.